The molecule has 0 saturated heterocycles. The van der Waals surface area contributed by atoms with E-state index in [4.69, 9.17) is 5.84 Å². The number of hydrazine groups is 1. The van der Waals surface area contributed by atoms with Gasteiger partial charge in [0.25, 0.3) is 0 Å². The van der Waals surface area contributed by atoms with E-state index in [1.807, 2.05) is 5.43 Å². The third-order valence-electron chi connectivity index (χ3n) is 2.68. The maximum Gasteiger partial charge on any atom is 0.417 e. The minimum absolute atomic E-state index is 0.107. The molecule has 0 amide bonds. The molecule has 0 radical (unpaired) electrons. The van der Waals surface area contributed by atoms with Gasteiger partial charge in [-0.05, 0) is 25.1 Å². The van der Waals surface area contributed by atoms with Gasteiger partial charge >= 0.3 is 6.18 Å². The molecule has 0 aliphatic heterocycles. The first kappa shape index (κ1) is 15.6. The average Bonchev–Trinajstić information content (AvgIpc) is 2.40. The summed E-state index contributed by atoms with van der Waals surface area (Å²) in [6.45, 7) is 1.31. The predicted octanol–water partition coefficient (Wildman–Crippen LogP) is 3.66. The van der Waals surface area contributed by atoms with Crippen LogP contribution in [0.3, 0.4) is 0 Å². The molecule has 1 heterocycles. The third-order valence-corrected chi connectivity index (χ3v) is 3.17. The van der Waals surface area contributed by atoms with E-state index >= 15 is 0 Å². The highest BCUT2D eigenvalue weighted by Crippen LogP contribution is 2.38. The fourth-order valence-electron chi connectivity index (χ4n) is 1.72. The summed E-state index contributed by atoms with van der Waals surface area (Å²) in [5.41, 5.74) is 0.708. The molecule has 1 aromatic heterocycles. The van der Waals surface area contributed by atoms with Crippen molar-refractivity contribution in [1.29, 1.82) is 0 Å². The number of nitrogens with one attached hydrogen (secondary N) is 1. The molecule has 9 heteroatoms. The van der Waals surface area contributed by atoms with Gasteiger partial charge in [-0.1, -0.05) is 15.9 Å². The van der Waals surface area contributed by atoms with Crippen LogP contribution in [0.2, 0.25) is 0 Å². The second kappa shape index (κ2) is 5.57. The summed E-state index contributed by atoms with van der Waals surface area (Å²) in [5.74, 6) is 3.66. The minimum Gasteiger partial charge on any atom is -0.306 e. The minimum atomic E-state index is -4.60. The first-order valence-corrected chi connectivity index (χ1v) is 6.41. The van der Waals surface area contributed by atoms with Crippen LogP contribution in [-0.2, 0) is 6.18 Å². The Morgan fingerprint density at radius 3 is 2.48 bits per heavy atom. The largest absolute Gasteiger partial charge is 0.417 e. The van der Waals surface area contributed by atoms with Crippen LogP contribution in [0.4, 0.5) is 23.4 Å². The van der Waals surface area contributed by atoms with Crippen LogP contribution in [0, 0.1) is 12.7 Å². The first-order chi connectivity index (χ1) is 9.74. The molecule has 4 nitrogen and oxygen atoms in total. The summed E-state index contributed by atoms with van der Waals surface area (Å²) >= 11 is 2.98. The monoisotopic (exact) mass is 364 g/mol. The number of hydrogen-bond acceptors (Lipinski definition) is 4. The number of halogens is 5. The number of aromatic nitrogens is 2. The van der Waals surface area contributed by atoms with Crippen molar-refractivity contribution in [2.45, 2.75) is 13.1 Å². The quantitative estimate of drug-likeness (QED) is 0.485. The fourth-order valence-corrected chi connectivity index (χ4v) is 2.08. The Labute approximate surface area is 125 Å². The van der Waals surface area contributed by atoms with Crippen LogP contribution >= 0.6 is 15.9 Å². The number of hydrogen-bond donors (Lipinski definition) is 2. The van der Waals surface area contributed by atoms with Gasteiger partial charge < -0.3 is 5.43 Å². The summed E-state index contributed by atoms with van der Waals surface area (Å²) in [4.78, 5) is 7.45. The lowest BCUT2D eigenvalue weighted by Crippen LogP contribution is -2.14. The van der Waals surface area contributed by atoms with Gasteiger partial charge in [-0.3, -0.25) is 0 Å². The maximum absolute atomic E-state index is 13.6. The van der Waals surface area contributed by atoms with Crippen LogP contribution in [-0.4, -0.2) is 9.97 Å². The zero-order valence-electron chi connectivity index (χ0n) is 10.6. The Hall–Kier alpha value is -1.74. The summed E-state index contributed by atoms with van der Waals surface area (Å²) in [5, 5.41) is 0. The lowest BCUT2D eigenvalue weighted by Gasteiger charge is -2.14. The highest BCUT2D eigenvalue weighted by Gasteiger charge is 2.35. The zero-order chi connectivity index (χ0) is 15.8. The molecule has 0 bridgehead atoms. The van der Waals surface area contributed by atoms with Crippen molar-refractivity contribution in [3.63, 3.8) is 0 Å². The summed E-state index contributed by atoms with van der Waals surface area (Å²) in [7, 11) is 0. The standard InChI is InChI=1S/C12H9BrF4N4/c1-5-9(14)11(21-18)20-10(19-5)7-3-2-6(13)4-8(7)12(15,16)17/h2-4H,18H2,1H3,(H,19,20,21). The molecule has 0 spiro atoms. The molecular weight excluding hydrogens is 356 g/mol. The van der Waals surface area contributed by atoms with Gasteiger partial charge in [0.15, 0.2) is 17.5 Å². The Bertz CT molecular complexity index is 688. The predicted molar refractivity (Wildman–Crippen MR) is 72.7 cm³/mol. The number of rotatable bonds is 2. The van der Waals surface area contributed by atoms with Gasteiger partial charge in [0.1, 0.15) is 0 Å². The van der Waals surface area contributed by atoms with Crippen LogP contribution in [0.1, 0.15) is 11.3 Å². The molecule has 0 aliphatic rings. The van der Waals surface area contributed by atoms with Crippen LogP contribution in [0.15, 0.2) is 22.7 Å². The van der Waals surface area contributed by atoms with Crippen LogP contribution in [0.5, 0.6) is 0 Å². The van der Waals surface area contributed by atoms with Gasteiger partial charge in [-0.15, -0.1) is 0 Å². The topological polar surface area (TPSA) is 63.8 Å². The smallest absolute Gasteiger partial charge is 0.306 e. The molecular formula is C12H9BrF4N4. The Morgan fingerprint density at radius 1 is 1.24 bits per heavy atom. The SMILES string of the molecule is Cc1nc(-c2ccc(Br)cc2C(F)(F)F)nc(NN)c1F. The lowest BCUT2D eigenvalue weighted by atomic mass is 10.1. The van der Waals surface area contributed by atoms with E-state index in [1.54, 1.807) is 0 Å². The Morgan fingerprint density at radius 2 is 1.90 bits per heavy atom. The van der Waals surface area contributed by atoms with E-state index in [-0.39, 0.29) is 27.4 Å². The van der Waals surface area contributed by atoms with E-state index in [9.17, 15) is 17.6 Å². The number of benzene rings is 1. The summed E-state index contributed by atoms with van der Waals surface area (Å²) in [6, 6.07) is 3.54. The molecule has 2 rings (SSSR count). The number of nitrogen functional groups attached to an aromatic ring is 1. The summed E-state index contributed by atoms with van der Waals surface area (Å²) in [6.07, 6.45) is -4.60. The van der Waals surface area contributed by atoms with Crippen LogP contribution in [0.25, 0.3) is 11.4 Å². The van der Waals surface area contributed by atoms with Crippen molar-refractivity contribution >= 4 is 21.7 Å². The van der Waals surface area contributed by atoms with E-state index in [2.05, 4.69) is 25.9 Å². The van der Waals surface area contributed by atoms with Crippen LogP contribution < -0.4 is 11.3 Å². The molecule has 0 fully saturated rings. The van der Waals surface area contributed by atoms with Gasteiger partial charge in [0.2, 0.25) is 0 Å². The number of nitrogens with two attached hydrogens (primary N) is 1. The average molecular weight is 365 g/mol. The molecule has 1 aromatic carbocycles. The van der Waals surface area contributed by atoms with Gasteiger partial charge in [-0.25, -0.2) is 20.2 Å². The highest BCUT2D eigenvalue weighted by molar-refractivity contribution is 9.10. The Kier molecular flexibility index (Phi) is 4.15. The molecule has 112 valence electrons. The molecule has 3 N–H and O–H groups in total. The molecule has 0 aliphatic carbocycles. The molecule has 0 unspecified atom stereocenters. The maximum atomic E-state index is 13.6. The summed E-state index contributed by atoms with van der Waals surface area (Å²) < 4.78 is 53.1. The molecule has 21 heavy (non-hydrogen) atoms. The molecule has 2 aromatic rings. The van der Waals surface area contributed by atoms with Gasteiger partial charge in [-0.2, -0.15) is 13.2 Å². The van der Waals surface area contributed by atoms with Crippen molar-refractivity contribution in [1.82, 2.24) is 9.97 Å². The van der Waals surface area contributed by atoms with E-state index in [1.165, 1.54) is 19.1 Å². The first-order valence-electron chi connectivity index (χ1n) is 5.62. The third kappa shape index (κ3) is 3.13. The molecule has 0 atom stereocenters. The Balaban J connectivity index is 2.70. The number of alkyl halides is 3. The fraction of sp³-hybridized carbons (Fsp3) is 0.167. The van der Waals surface area contributed by atoms with Crippen molar-refractivity contribution < 1.29 is 17.6 Å². The van der Waals surface area contributed by atoms with Crippen molar-refractivity contribution in [3.8, 4) is 11.4 Å². The van der Waals surface area contributed by atoms with Crippen molar-refractivity contribution in [3.05, 3.63) is 39.7 Å². The molecule has 0 saturated carbocycles. The number of anilines is 1. The highest BCUT2D eigenvalue weighted by atomic mass is 79.9. The van der Waals surface area contributed by atoms with E-state index in [0.29, 0.717) is 0 Å². The van der Waals surface area contributed by atoms with Crippen molar-refractivity contribution in [2.75, 3.05) is 5.43 Å². The van der Waals surface area contributed by atoms with Gasteiger partial charge in [0.05, 0.1) is 11.3 Å². The number of nitrogens with zero attached hydrogens (tertiary/aromatic N) is 2. The van der Waals surface area contributed by atoms with E-state index in [0.717, 1.165) is 6.07 Å². The normalized spacial score (nSPS) is 11.6. The second-order valence-corrected chi connectivity index (χ2v) is 5.04. The van der Waals surface area contributed by atoms with Crippen molar-refractivity contribution in [2.24, 2.45) is 5.84 Å². The van der Waals surface area contributed by atoms with E-state index < -0.39 is 17.6 Å². The number of aryl methyl sites for hydroxylation is 1. The zero-order valence-corrected chi connectivity index (χ0v) is 12.2. The second-order valence-electron chi connectivity index (χ2n) is 4.13. The van der Waals surface area contributed by atoms with Gasteiger partial charge in [0, 0.05) is 10.0 Å². The lowest BCUT2D eigenvalue weighted by molar-refractivity contribution is -0.137.